The molecule has 0 atom stereocenters. The predicted molar refractivity (Wildman–Crippen MR) is 86.8 cm³/mol. The second kappa shape index (κ2) is 6.98. The summed E-state index contributed by atoms with van der Waals surface area (Å²) in [5.74, 6) is 0.978. The van der Waals surface area contributed by atoms with Crippen molar-refractivity contribution < 1.29 is 9.21 Å². The highest BCUT2D eigenvalue weighted by Gasteiger charge is 2.21. The molecule has 2 amide bonds. The first-order valence-corrected chi connectivity index (χ1v) is 8.41. The van der Waals surface area contributed by atoms with Crippen LogP contribution in [0.2, 0.25) is 0 Å². The lowest BCUT2D eigenvalue weighted by atomic mass is 10.3. The number of piperazine rings is 1. The molecule has 0 radical (unpaired) electrons. The fourth-order valence-electron chi connectivity index (χ4n) is 2.58. The lowest BCUT2D eigenvalue weighted by molar-refractivity contribution is 0.130. The van der Waals surface area contributed by atoms with Crippen molar-refractivity contribution in [1.29, 1.82) is 0 Å². The van der Waals surface area contributed by atoms with Gasteiger partial charge in [-0.05, 0) is 36.1 Å². The minimum Gasteiger partial charge on any atom is -0.468 e. The molecule has 1 fully saturated rings. The number of hydrogen-bond donors (Lipinski definition) is 1. The number of nitrogens with zero attached hydrogens (tertiary/aromatic N) is 2. The Labute approximate surface area is 134 Å². The van der Waals surface area contributed by atoms with Gasteiger partial charge in [0.15, 0.2) is 0 Å². The Bertz CT molecular complexity index is 601. The van der Waals surface area contributed by atoms with Crippen molar-refractivity contribution in [3.63, 3.8) is 0 Å². The van der Waals surface area contributed by atoms with Crippen LogP contribution in [0.1, 0.15) is 16.2 Å². The summed E-state index contributed by atoms with van der Waals surface area (Å²) in [5, 5.41) is 5.08. The van der Waals surface area contributed by atoms with E-state index in [1.165, 1.54) is 10.4 Å². The largest absolute Gasteiger partial charge is 0.468 e. The summed E-state index contributed by atoms with van der Waals surface area (Å²) < 4.78 is 5.37. The van der Waals surface area contributed by atoms with E-state index in [2.05, 4.69) is 28.6 Å². The number of nitrogens with one attached hydrogen (secondary N) is 1. The summed E-state index contributed by atoms with van der Waals surface area (Å²) in [6.07, 6.45) is 1.70. The van der Waals surface area contributed by atoms with Crippen LogP contribution in [-0.4, -0.2) is 42.0 Å². The van der Waals surface area contributed by atoms with Crippen LogP contribution in [0, 0.1) is 6.92 Å². The third kappa shape index (κ3) is 3.69. The lowest BCUT2D eigenvalue weighted by Crippen LogP contribution is -2.51. The summed E-state index contributed by atoms with van der Waals surface area (Å²) in [5.41, 5.74) is 1.24. The first-order chi connectivity index (χ1) is 10.7. The molecule has 0 saturated carbocycles. The lowest BCUT2D eigenvalue weighted by Gasteiger charge is -2.34. The van der Waals surface area contributed by atoms with Crippen molar-refractivity contribution in [1.82, 2.24) is 15.1 Å². The molecule has 6 heteroatoms. The van der Waals surface area contributed by atoms with Crippen molar-refractivity contribution in [3.05, 3.63) is 46.0 Å². The average molecular weight is 319 g/mol. The maximum Gasteiger partial charge on any atom is 0.317 e. The summed E-state index contributed by atoms with van der Waals surface area (Å²) in [7, 11) is 0. The summed E-state index contributed by atoms with van der Waals surface area (Å²) in [4.78, 5) is 17.6. The van der Waals surface area contributed by atoms with Gasteiger partial charge in [0, 0.05) is 31.1 Å². The second-order valence-electron chi connectivity index (χ2n) is 5.53. The molecule has 2 aromatic rings. The van der Waals surface area contributed by atoms with E-state index in [9.17, 15) is 4.79 Å². The topological polar surface area (TPSA) is 48.7 Å². The van der Waals surface area contributed by atoms with E-state index in [0.717, 1.165) is 38.5 Å². The van der Waals surface area contributed by atoms with E-state index >= 15 is 0 Å². The van der Waals surface area contributed by atoms with Crippen LogP contribution < -0.4 is 5.32 Å². The van der Waals surface area contributed by atoms with Gasteiger partial charge in [-0.2, -0.15) is 0 Å². The van der Waals surface area contributed by atoms with E-state index in [0.29, 0.717) is 6.54 Å². The molecule has 0 bridgehead atoms. The molecule has 0 aromatic carbocycles. The van der Waals surface area contributed by atoms with Crippen LogP contribution in [-0.2, 0) is 13.1 Å². The molecular weight excluding hydrogens is 298 g/mol. The number of furan rings is 1. The van der Waals surface area contributed by atoms with Crippen molar-refractivity contribution in [2.45, 2.75) is 20.0 Å². The van der Waals surface area contributed by atoms with E-state index in [-0.39, 0.29) is 6.03 Å². The number of amides is 2. The van der Waals surface area contributed by atoms with Crippen LogP contribution >= 0.6 is 11.3 Å². The molecule has 0 unspecified atom stereocenters. The Kier molecular flexibility index (Phi) is 4.80. The molecule has 1 N–H and O–H groups in total. The number of rotatable bonds is 4. The Morgan fingerprint density at radius 1 is 1.32 bits per heavy atom. The molecule has 2 aromatic heterocycles. The molecule has 1 saturated heterocycles. The number of hydrogen-bond acceptors (Lipinski definition) is 4. The first-order valence-electron chi connectivity index (χ1n) is 7.53. The number of urea groups is 1. The highest BCUT2D eigenvalue weighted by Crippen LogP contribution is 2.15. The number of aryl methyl sites for hydroxylation is 1. The van der Waals surface area contributed by atoms with Gasteiger partial charge in [0.25, 0.3) is 0 Å². The Hall–Kier alpha value is -1.79. The number of carbonyl (C=O) groups excluding carboxylic acids is 1. The van der Waals surface area contributed by atoms with Gasteiger partial charge < -0.3 is 14.6 Å². The smallest absolute Gasteiger partial charge is 0.317 e. The van der Waals surface area contributed by atoms with E-state index < -0.39 is 0 Å². The Morgan fingerprint density at radius 3 is 2.77 bits per heavy atom. The molecule has 118 valence electrons. The van der Waals surface area contributed by atoms with Gasteiger partial charge in [0.1, 0.15) is 5.76 Å². The highest BCUT2D eigenvalue weighted by atomic mass is 32.1. The SMILES string of the molecule is Cc1ccsc1CNC(=O)N1CCN(Cc2ccco2)CC1. The van der Waals surface area contributed by atoms with Gasteiger partial charge in [-0.25, -0.2) is 4.79 Å². The van der Waals surface area contributed by atoms with E-state index in [1.807, 2.05) is 17.0 Å². The van der Waals surface area contributed by atoms with Crippen LogP contribution in [0.25, 0.3) is 0 Å². The fraction of sp³-hybridized carbons (Fsp3) is 0.438. The molecule has 3 rings (SSSR count). The van der Waals surface area contributed by atoms with Gasteiger partial charge in [-0.15, -0.1) is 11.3 Å². The summed E-state index contributed by atoms with van der Waals surface area (Å²) >= 11 is 1.69. The quantitative estimate of drug-likeness (QED) is 0.942. The zero-order chi connectivity index (χ0) is 15.4. The number of carbonyl (C=O) groups is 1. The Morgan fingerprint density at radius 2 is 2.14 bits per heavy atom. The minimum atomic E-state index is 0.0328. The fourth-order valence-corrected chi connectivity index (χ4v) is 3.43. The monoisotopic (exact) mass is 319 g/mol. The van der Waals surface area contributed by atoms with Crippen LogP contribution in [0.15, 0.2) is 34.3 Å². The molecule has 3 heterocycles. The van der Waals surface area contributed by atoms with Crippen LogP contribution in [0.3, 0.4) is 0 Å². The van der Waals surface area contributed by atoms with Crippen LogP contribution in [0.4, 0.5) is 4.79 Å². The van der Waals surface area contributed by atoms with Crippen molar-refractivity contribution >= 4 is 17.4 Å². The third-order valence-electron chi connectivity index (χ3n) is 3.99. The zero-order valence-electron chi connectivity index (χ0n) is 12.7. The van der Waals surface area contributed by atoms with E-state index in [1.54, 1.807) is 17.6 Å². The molecule has 1 aliphatic rings. The maximum absolute atomic E-state index is 12.2. The van der Waals surface area contributed by atoms with Gasteiger partial charge >= 0.3 is 6.03 Å². The standard InChI is InChI=1S/C16H21N3O2S/c1-13-4-10-22-15(13)11-17-16(20)19-7-5-18(6-8-19)12-14-3-2-9-21-14/h2-4,9-10H,5-8,11-12H2,1H3,(H,17,20). The summed E-state index contributed by atoms with van der Waals surface area (Å²) in [6, 6.07) is 6.01. The Balaban J connectivity index is 1.42. The average Bonchev–Trinajstić information content (AvgIpc) is 3.17. The molecule has 0 spiro atoms. The first kappa shape index (κ1) is 15.1. The van der Waals surface area contributed by atoms with Gasteiger partial charge in [0.2, 0.25) is 0 Å². The molecular formula is C16H21N3O2S. The number of thiophene rings is 1. The maximum atomic E-state index is 12.2. The van der Waals surface area contributed by atoms with E-state index in [4.69, 9.17) is 4.42 Å². The van der Waals surface area contributed by atoms with Crippen molar-refractivity contribution in [2.24, 2.45) is 0 Å². The molecule has 5 nitrogen and oxygen atoms in total. The molecule has 1 aliphatic heterocycles. The van der Waals surface area contributed by atoms with Crippen LogP contribution in [0.5, 0.6) is 0 Å². The van der Waals surface area contributed by atoms with Gasteiger partial charge in [0.05, 0.1) is 19.4 Å². The minimum absolute atomic E-state index is 0.0328. The predicted octanol–water partition coefficient (Wildman–Crippen LogP) is 2.68. The highest BCUT2D eigenvalue weighted by molar-refractivity contribution is 7.10. The zero-order valence-corrected chi connectivity index (χ0v) is 13.6. The molecule has 0 aliphatic carbocycles. The van der Waals surface area contributed by atoms with Gasteiger partial charge in [-0.1, -0.05) is 0 Å². The van der Waals surface area contributed by atoms with Gasteiger partial charge in [-0.3, -0.25) is 4.90 Å². The van der Waals surface area contributed by atoms with Crippen molar-refractivity contribution in [3.8, 4) is 0 Å². The molecule has 22 heavy (non-hydrogen) atoms. The third-order valence-corrected chi connectivity index (χ3v) is 5.01. The second-order valence-corrected chi connectivity index (χ2v) is 6.53. The summed E-state index contributed by atoms with van der Waals surface area (Å²) in [6.45, 7) is 6.79. The normalized spacial score (nSPS) is 16.0. The van der Waals surface area contributed by atoms with Crippen molar-refractivity contribution in [2.75, 3.05) is 26.2 Å².